The van der Waals surface area contributed by atoms with Crippen LogP contribution in [0.15, 0.2) is 35.7 Å². The minimum Gasteiger partial charge on any atom is -0.350 e. The Kier molecular flexibility index (Phi) is 5.73. The molecule has 1 aliphatic rings. The lowest BCUT2D eigenvalue weighted by Gasteiger charge is -2.20. The highest BCUT2D eigenvalue weighted by molar-refractivity contribution is 7.71. The Labute approximate surface area is 173 Å². The lowest BCUT2D eigenvalue weighted by Crippen LogP contribution is -2.27. The van der Waals surface area contributed by atoms with Crippen LogP contribution in [0.4, 0.5) is 0 Å². The Morgan fingerprint density at radius 2 is 2.14 bits per heavy atom. The summed E-state index contributed by atoms with van der Waals surface area (Å²) in [5.74, 6) is 0.806. The van der Waals surface area contributed by atoms with Crippen molar-refractivity contribution < 1.29 is 4.79 Å². The third kappa shape index (κ3) is 4.10. The molecule has 1 amide bonds. The van der Waals surface area contributed by atoms with Gasteiger partial charge in [-0.25, -0.2) is 0 Å². The summed E-state index contributed by atoms with van der Waals surface area (Å²) < 4.78 is 2.43. The summed E-state index contributed by atoms with van der Waals surface area (Å²) in [5, 5.41) is 12.3. The Bertz CT molecular complexity index is 1020. The van der Waals surface area contributed by atoms with E-state index in [4.69, 9.17) is 12.2 Å². The summed E-state index contributed by atoms with van der Waals surface area (Å²) in [5.41, 5.74) is 4.08. The maximum Gasteiger partial charge on any atom is 0.222 e. The Balaban J connectivity index is 1.39. The van der Waals surface area contributed by atoms with E-state index >= 15 is 0 Å². The largest absolute Gasteiger partial charge is 0.350 e. The third-order valence-electron chi connectivity index (χ3n) is 5.31. The van der Waals surface area contributed by atoms with E-state index in [0.29, 0.717) is 17.7 Å². The number of hydrogen-bond acceptors (Lipinski definition) is 4. The molecule has 0 radical (unpaired) electrons. The number of amides is 1. The molecule has 28 heavy (non-hydrogen) atoms. The number of carbonyl (C=O) groups excluding carboxylic acids is 1. The molecule has 2 heterocycles. The minimum absolute atomic E-state index is 0.00573. The second-order valence-corrected chi connectivity index (χ2v) is 8.59. The Morgan fingerprint density at radius 3 is 2.93 bits per heavy atom. The van der Waals surface area contributed by atoms with Gasteiger partial charge in [-0.1, -0.05) is 24.3 Å². The first-order valence-corrected chi connectivity index (χ1v) is 11.0. The summed E-state index contributed by atoms with van der Waals surface area (Å²) in [6, 6.07) is 10.6. The Morgan fingerprint density at radius 1 is 1.32 bits per heavy atom. The lowest BCUT2D eigenvalue weighted by molar-refractivity contribution is -0.121. The molecule has 2 N–H and O–H groups in total. The summed E-state index contributed by atoms with van der Waals surface area (Å²) in [4.78, 5) is 13.6. The Hall–Kier alpha value is -2.25. The number of nitrogens with one attached hydrogen (secondary N) is 2. The fraction of sp³-hybridized carbons (Fsp3) is 0.381. The summed E-state index contributed by atoms with van der Waals surface area (Å²) in [6.45, 7) is 2.55. The fourth-order valence-corrected chi connectivity index (χ4v) is 4.70. The first-order valence-electron chi connectivity index (χ1n) is 9.72. The first kappa shape index (κ1) is 19.1. The van der Waals surface area contributed by atoms with Gasteiger partial charge >= 0.3 is 0 Å². The van der Waals surface area contributed by atoms with Crippen LogP contribution in [-0.4, -0.2) is 20.7 Å². The number of fused-ring (bicyclic) bond motifs is 1. The standard InChI is InChI=1S/C21H24N4OS2/c1-14(16-9-8-15-5-2-3-6-17(15)13-16)22-19(26)10-11-25-20(23-24-21(25)27)18-7-4-12-28-18/h4,7-9,12-14H,2-3,5-6,10-11H2,1H3,(H,22,26)(H,24,27). The minimum atomic E-state index is -0.00573. The van der Waals surface area contributed by atoms with Crippen LogP contribution in [0.5, 0.6) is 0 Å². The van der Waals surface area contributed by atoms with Crippen molar-refractivity contribution in [3.63, 3.8) is 0 Å². The van der Waals surface area contributed by atoms with Crippen LogP contribution in [0.3, 0.4) is 0 Å². The van der Waals surface area contributed by atoms with Crippen LogP contribution in [0.25, 0.3) is 10.7 Å². The lowest BCUT2D eigenvalue weighted by atomic mass is 9.89. The first-order chi connectivity index (χ1) is 13.6. The van der Waals surface area contributed by atoms with Crippen LogP contribution >= 0.6 is 23.6 Å². The molecule has 1 unspecified atom stereocenters. The number of H-pyrrole nitrogens is 1. The van der Waals surface area contributed by atoms with Gasteiger partial charge in [0, 0.05) is 13.0 Å². The van der Waals surface area contributed by atoms with Gasteiger partial charge < -0.3 is 5.32 Å². The van der Waals surface area contributed by atoms with E-state index in [-0.39, 0.29) is 11.9 Å². The topological polar surface area (TPSA) is 62.7 Å². The van der Waals surface area contributed by atoms with Crippen molar-refractivity contribution in [2.75, 3.05) is 0 Å². The maximum atomic E-state index is 12.5. The number of aryl methyl sites for hydroxylation is 2. The van der Waals surface area contributed by atoms with Crippen LogP contribution in [0.2, 0.25) is 0 Å². The monoisotopic (exact) mass is 412 g/mol. The molecule has 4 rings (SSSR count). The predicted octanol–water partition coefficient (Wildman–Crippen LogP) is 4.82. The van der Waals surface area contributed by atoms with Crippen molar-refractivity contribution in [3.8, 4) is 10.7 Å². The van der Waals surface area contributed by atoms with E-state index in [9.17, 15) is 4.79 Å². The number of aromatic nitrogens is 3. The van der Waals surface area contributed by atoms with Gasteiger partial charge in [-0.05, 0) is 73.0 Å². The molecular formula is C21H24N4OS2. The molecule has 3 aromatic rings. The van der Waals surface area contributed by atoms with E-state index in [2.05, 4.69) is 33.7 Å². The number of thiophene rings is 1. The van der Waals surface area contributed by atoms with Crippen molar-refractivity contribution in [2.45, 2.75) is 51.6 Å². The molecule has 0 fully saturated rings. The zero-order valence-corrected chi connectivity index (χ0v) is 17.5. The zero-order valence-electron chi connectivity index (χ0n) is 15.9. The average molecular weight is 413 g/mol. The van der Waals surface area contributed by atoms with Gasteiger partial charge in [0.25, 0.3) is 0 Å². The van der Waals surface area contributed by atoms with E-state index in [1.807, 2.05) is 29.0 Å². The van der Waals surface area contributed by atoms with Crippen molar-refractivity contribution >= 4 is 29.5 Å². The summed E-state index contributed by atoms with van der Waals surface area (Å²) >= 11 is 6.94. The smallest absolute Gasteiger partial charge is 0.222 e. The second-order valence-electron chi connectivity index (χ2n) is 7.26. The highest BCUT2D eigenvalue weighted by Gasteiger charge is 2.15. The van der Waals surface area contributed by atoms with E-state index in [0.717, 1.165) is 17.1 Å². The second kappa shape index (κ2) is 8.41. The predicted molar refractivity (Wildman–Crippen MR) is 115 cm³/mol. The number of carbonyl (C=O) groups is 1. The molecule has 1 aliphatic carbocycles. The molecule has 1 atom stereocenters. The van der Waals surface area contributed by atoms with Gasteiger partial charge in [0.15, 0.2) is 10.6 Å². The average Bonchev–Trinajstić information content (AvgIpc) is 3.35. The normalized spacial score (nSPS) is 14.5. The van der Waals surface area contributed by atoms with Crippen molar-refractivity contribution in [1.82, 2.24) is 20.1 Å². The third-order valence-corrected chi connectivity index (χ3v) is 6.49. The molecule has 5 nitrogen and oxygen atoms in total. The van der Waals surface area contributed by atoms with Crippen LogP contribution in [-0.2, 0) is 24.2 Å². The quantitative estimate of drug-likeness (QED) is 0.571. The SMILES string of the molecule is CC(NC(=O)CCn1c(-c2cccs2)n[nH]c1=S)c1ccc2c(c1)CCCC2. The highest BCUT2D eigenvalue weighted by atomic mass is 32.1. The molecule has 0 aliphatic heterocycles. The molecule has 7 heteroatoms. The van der Waals surface area contributed by atoms with Crippen molar-refractivity contribution in [1.29, 1.82) is 0 Å². The van der Waals surface area contributed by atoms with Gasteiger partial charge in [0.2, 0.25) is 5.91 Å². The molecule has 0 bridgehead atoms. The maximum absolute atomic E-state index is 12.5. The van der Waals surface area contributed by atoms with Gasteiger partial charge in [0.05, 0.1) is 10.9 Å². The van der Waals surface area contributed by atoms with Crippen LogP contribution in [0.1, 0.15) is 48.9 Å². The zero-order chi connectivity index (χ0) is 19.5. The molecule has 0 spiro atoms. The molecule has 1 aromatic carbocycles. The van der Waals surface area contributed by atoms with Gasteiger partial charge in [-0.2, -0.15) is 5.10 Å². The van der Waals surface area contributed by atoms with Gasteiger partial charge in [-0.15, -0.1) is 11.3 Å². The summed E-state index contributed by atoms with van der Waals surface area (Å²) in [6.07, 6.45) is 5.22. The number of aromatic amines is 1. The number of nitrogens with zero attached hydrogens (tertiary/aromatic N) is 2. The number of benzene rings is 1. The number of hydrogen-bond donors (Lipinski definition) is 2. The van der Waals surface area contributed by atoms with E-state index in [1.165, 1.54) is 36.0 Å². The van der Waals surface area contributed by atoms with E-state index < -0.39 is 0 Å². The van der Waals surface area contributed by atoms with Gasteiger partial charge in [-0.3, -0.25) is 14.5 Å². The molecule has 0 saturated carbocycles. The van der Waals surface area contributed by atoms with Crippen LogP contribution in [0, 0.1) is 4.77 Å². The highest BCUT2D eigenvalue weighted by Crippen LogP contribution is 2.25. The number of rotatable bonds is 6. The molecule has 2 aromatic heterocycles. The van der Waals surface area contributed by atoms with E-state index in [1.54, 1.807) is 11.3 Å². The molecule has 146 valence electrons. The molecular weight excluding hydrogens is 388 g/mol. The van der Waals surface area contributed by atoms with Gasteiger partial charge in [0.1, 0.15) is 0 Å². The fourth-order valence-electron chi connectivity index (χ4n) is 3.75. The van der Waals surface area contributed by atoms with Crippen LogP contribution < -0.4 is 5.32 Å². The van der Waals surface area contributed by atoms with Crippen molar-refractivity contribution in [2.24, 2.45) is 0 Å². The molecule has 0 saturated heterocycles. The van der Waals surface area contributed by atoms with Crippen molar-refractivity contribution in [3.05, 3.63) is 57.2 Å². The summed E-state index contributed by atoms with van der Waals surface area (Å²) in [7, 11) is 0.